The van der Waals surface area contributed by atoms with Crippen LogP contribution in [-0.2, 0) is 5.54 Å². The van der Waals surface area contributed by atoms with Gasteiger partial charge in [0.1, 0.15) is 17.5 Å². The molecule has 0 bridgehead atoms. The zero-order valence-corrected chi connectivity index (χ0v) is 9.53. The molecule has 0 saturated heterocycles. The molecular weight excluding hydrogens is 236 g/mol. The normalized spacial score (nSPS) is 16.6. The van der Waals surface area contributed by atoms with Crippen molar-refractivity contribution in [2.45, 2.75) is 18.4 Å². The Hall–Kier alpha value is -1.88. The molecule has 3 nitrogen and oxygen atoms in total. The predicted molar refractivity (Wildman–Crippen MR) is 62.5 cm³/mol. The highest BCUT2D eigenvalue weighted by Crippen LogP contribution is 2.41. The topological polar surface area (TPSA) is 51.8 Å². The largest absolute Gasteiger partial charge is 0.319 e. The van der Waals surface area contributed by atoms with E-state index in [1.165, 1.54) is 12.1 Å². The van der Waals surface area contributed by atoms with E-state index in [9.17, 15) is 8.78 Å². The van der Waals surface area contributed by atoms with Crippen LogP contribution in [0.25, 0.3) is 11.3 Å². The highest BCUT2D eigenvalue weighted by molar-refractivity contribution is 5.59. The number of nitrogens with two attached hydrogens (primary N) is 1. The summed E-state index contributed by atoms with van der Waals surface area (Å²) in [6, 6.07) is 5.00. The minimum absolute atomic E-state index is 0.254. The molecule has 1 aliphatic rings. The Labute approximate surface area is 103 Å². The number of nitrogens with zero attached hydrogens (tertiary/aromatic N) is 2. The van der Waals surface area contributed by atoms with Crippen LogP contribution in [0.15, 0.2) is 30.5 Å². The highest BCUT2D eigenvalue weighted by Gasteiger charge is 2.43. The van der Waals surface area contributed by atoms with E-state index in [1.807, 2.05) is 0 Å². The number of hydrogen-bond donors (Lipinski definition) is 1. The van der Waals surface area contributed by atoms with Crippen molar-refractivity contribution < 1.29 is 8.78 Å². The standard InChI is InChI=1S/C13H11F2N3/c14-8-1-2-9(10(15)7-8)11-3-6-17-12(18-11)13(16)4-5-13/h1-3,6-7H,4-5,16H2. The van der Waals surface area contributed by atoms with Crippen LogP contribution in [0.2, 0.25) is 0 Å². The molecule has 1 aliphatic carbocycles. The van der Waals surface area contributed by atoms with Crippen LogP contribution in [0.3, 0.4) is 0 Å². The molecule has 5 heteroatoms. The van der Waals surface area contributed by atoms with Crippen LogP contribution in [0.1, 0.15) is 18.7 Å². The Bertz CT molecular complexity index is 609. The zero-order chi connectivity index (χ0) is 12.8. The first-order chi connectivity index (χ1) is 8.58. The van der Waals surface area contributed by atoms with Crippen LogP contribution in [0.4, 0.5) is 8.78 Å². The molecule has 0 radical (unpaired) electrons. The fraction of sp³-hybridized carbons (Fsp3) is 0.231. The summed E-state index contributed by atoms with van der Waals surface area (Å²) in [5, 5.41) is 0. The van der Waals surface area contributed by atoms with Crippen molar-refractivity contribution in [2.75, 3.05) is 0 Å². The number of hydrogen-bond acceptors (Lipinski definition) is 3. The third-order valence-corrected chi connectivity index (χ3v) is 3.10. The first-order valence-electron chi connectivity index (χ1n) is 5.66. The van der Waals surface area contributed by atoms with Gasteiger partial charge in [-0.3, -0.25) is 0 Å². The maximum absolute atomic E-state index is 13.6. The van der Waals surface area contributed by atoms with Gasteiger partial charge in [0, 0.05) is 17.8 Å². The van der Waals surface area contributed by atoms with E-state index in [0.29, 0.717) is 11.5 Å². The van der Waals surface area contributed by atoms with E-state index in [1.54, 1.807) is 12.3 Å². The molecule has 0 unspecified atom stereocenters. The first kappa shape index (κ1) is 11.2. The van der Waals surface area contributed by atoms with Gasteiger partial charge in [0.25, 0.3) is 0 Å². The lowest BCUT2D eigenvalue weighted by Crippen LogP contribution is -2.22. The van der Waals surface area contributed by atoms with Crippen molar-refractivity contribution in [1.29, 1.82) is 0 Å². The summed E-state index contributed by atoms with van der Waals surface area (Å²) in [5.41, 5.74) is 6.21. The van der Waals surface area contributed by atoms with Crippen molar-refractivity contribution in [3.05, 3.63) is 47.9 Å². The maximum Gasteiger partial charge on any atom is 0.148 e. The molecule has 1 fully saturated rings. The van der Waals surface area contributed by atoms with Crippen LogP contribution >= 0.6 is 0 Å². The van der Waals surface area contributed by atoms with E-state index in [0.717, 1.165) is 18.9 Å². The van der Waals surface area contributed by atoms with Gasteiger partial charge in [-0.25, -0.2) is 18.7 Å². The molecule has 3 rings (SSSR count). The van der Waals surface area contributed by atoms with E-state index in [4.69, 9.17) is 5.73 Å². The summed E-state index contributed by atoms with van der Waals surface area (Å²) < 4.78 is 26.5. The number of rotatable bonds is 2. The summed E-state index contributed by atoms with van der Waals surface area (Å²) in [6.45, 7) is 0. The summed E-state index contributed by atoms with van der Waals surface area (Å²) in [6.07, 6.45) is 3.22. The van der Waals surface area contributed by atoms with E-state index < -0.39 is 17.2 Å². The average molecular weight is 247 g/mol. The van der Waals surface area contributed by atoms with Gasteiger partial charge >= 0.3 is 0 Å². The fourth-order valence-electron chi connectivity index (χ4n) is 1.80. The monoisotopic (exact) mass is 247 g/mol. The summed E-state index contributed by atoms with van der Waals surface area (Å²) >= 11 is 0. The van der Waals surface area contributed by atoms with Crippen LogP contribution in [0.5, 0.6) is 0 Å². The minimum atomic E-state index is -0.637. The van der Waals surface area contributed by atoms with Gasteiger partial charge in [0.15, 0.2) is 0 Å². The molecule has 2 aromatic rings. The summed E-state index contributed by atoms with van der Waals surface area (Å²) in [4.78, 5) is 8.38. The second-order valence-electron chi connectivity index (χ2n) is 4.55. The lowest BCUT2D eigenvalue weighted by molar-refractivity contribution is 0.585. The molecule has 0 spiro atoms. The van der Waals surface area contributed by atoms with Crippen LogP contribution in [0, 0.1) is 11.6 Å². The van der Waals surface area contributed by atoms with Crippen molar-refractivity contribution in [3.63, 3.8) is 0 Å². The van der Waals surface area contributed by atoms with Gasteiger partial charge in [-0.2, -0.15) is 0 Å². The predicted octanol–water partition coefficient (Wildman–Crippen LogP) is 2.37. The smallest absolute Gasteiger partial charge is 0.148 e. The van der Waals surface area contributed by atoms with Gasteiger partial charge in [-0.1, -0.05) is 0 Å². The highest BCUT2D eigenvalue weighted by atomic mass is 19.1. The van der Waals surface area contributed by atoms with E-state index in [2.05, 4.69) is 9.97 Å². The first-order valence-corrected chi connectivity index (χ1v) is 5.66. The van der Waals surface area contributed by atoms with Gasteiger partial charge in [-0.05, 0) is 31.0 Å². The Balaban J connectivity index is 2.06. The van der Waals surface area contributed by atoms with Crippen LogP contribution in [-0.4, -0.2) is 9.97 Å². The second kappa shape index (κ2) is 3.81. The molecule has 18 heavy (non-hydrogen) atoms. The second-order valence-corrected chi connectivity index (χ2v) is 4.55. The van der Waals surface area contributed by atoms with Gasteiger partial charge in [0.2, 0.25) is 0 Å². The number of aromatic nitrogens is 2. The molecule has 1 aromatic carbocycles. The molecule has 2 N–H and O–H groups in total. The molecule has 0 atom stereocenters. The summed E-state index contributed by atoms with van der Waals surface area (Å²) in [7, 11) is 0. The van der Waals surface area contributed by atoms with Gasteiger partial charge in [0.05, 0.1) is 11.2 Å². The van der Waals surface area contributed by atoms with Crippen molar-refractivity contribution in [2.24, 2.45) is 5.73 Å². The molecular formula is C13H11F2N3. The van der Waals surface area contributed by atoms with Crippen molar-refractivity contribution >= 4 is 0 Å². The number of benzene rings is 1. The lowest BCUT2D eigenvalue weighted by Gasteiger charge is -2.09. The Morgan fingerprint density at radius 1 is 1.17 bits per heavy atom. The third kappa shape index (κ3) is 1.86. The fourth-order valence-corrected chi connectivity index (χ4v) is 1.80. The van der Waals surface area contributed by atoms with Crippen molar-refractivity contribution in [3.8, 4) is 11.3 Å². The Morgan fingerprint density at radius 3 is 2.61 bits per heavy atom. The Morgan fingerprint density at radius 2 is 1.94 bits per heavy atom. The zero-order valence-electron chi connectivity index (χ0n) is 9.53. The molecule has 0 amide bonds. The molecule has 1 aromatic heterocycles. The van der Waals surface area contributed by atoms with Gasteiger partial charge < -0.3 is 5.73 Å². The summed E-state index contributed by atoms with van der Waals surface area (Å²) in [5.74, 6) is -0.728. The molecule has 1 saturated carbocycles. The number of halogens is 2. The Kier molecular flexibility index (Phi) is 2.38. The van der Waals surface area contributed by atoms with E-state index in [-0.39, 0.29) is 5.56 Å². The maximum atomic E-state index is 13.6. The van der Waals surface area contributed by atoms with E-state index >= 15 is 0 Å². The minimum Gasteiger partial charge on any atom is -0.319 e. The quantitative estimate of drug-likeness (QED) is 0.886. The third-order valence-electron chi connectivity index (χ3n) is 3.10. The molecule has 0 aliphatic heterocycles. The SMILES string of the molecule is NC1(c2nccc(-c3ccc(F)cc3F)n2)CC1. The van der Waals surface area contributed by atoms with Crippen molar-refractivity contribution in [1.82, 2.24) is 9.97 Å². The van der Waals surface area contributed by atoms with Crippen LogP contribution < -0.4 is 5.73 Å². The average Bonchev–Trinajstić information content (AvgIpc) is 3.09. The molecule has 92 valence electrons. The van der Waals surface area contributed by atoms with Gasteiger partial charge in [-0.15, -0.1) is 0 Å². The lowest BCUT2D eigenvalue weighted by atomic mass is 10.1. The molecule has 1 heterocycles.